The monoisotopic (exact) mass is 233 g/mol. The van der Waals surface area contributed by atoms with Gasteiger partial charge >= 0.3 is 5.69 Å². The first-order valence-corrected chi connectivity index (χ1v) is 5.29. The summed E-state index contributed by atoms with van der Waals surface area (Å²) in [6.45, 7) is 3.80. The number of hydrogen-bond acceptors (Lipinski definition) is 4. The van der Waals surface area contributed by atoms with Crippen LogP contribution >= 0.6 is 0 Å². The number of pyridine rings is 1. The Balaban J connectivity index is 2.55. The van der Waals surface area contributed by atoms with Crippen LogP contribution in [0.1, 0.15) is 13.8 Å². The highest BCUT2D eigenvalue weighted by Gasteiger charge is 2.08. The second-order valence-electron chi connectivity index (χ2n) is 4.14. The van der Waals surface area contributed by atoms with Crippen LogP contribution < -0.4 is 11.1 Å². The van der Waals surface area contributed by atoms with E-state index in [4.69, 9.17) is 0 Å². The summed E-state index contributed by atoms with van der Waals surface area (Å²) in [6.07, 6.45) is 1.66. The van der Waals surface area contributed by atoms with Gasteiger partial charge in [-0.3, -0.25) is 14.6 Å². The minimum atomic E-state index is -0.0835. The fourth-order valence-corrected chi connectivity index (χ4v) is 1.61. The lowest BCUT2D eigenvalue weighted by Crippen LogP contribution is -2.19. The van der Waals surface area contributed by atoms with Crippen molar-refractivity contribution in [3.8, 4) is 0 Å². The van der Waals surface area contributed by atoms with Crippen molar-refractivity contribution < 1.29 is 0 Å². The zero-order valence-corrected chi connectivity index (χ0v) is 10.4. The quantitative estimate of drug-likeness (QED) is 0.623. The minimum Gasteiger partial charge on any atom is -0.293 e. The fraction of sp³-hybridized carbons (Fsp3) is 0.364. The van der Waals surface area contributed by atoms with Gasteiger partial charge in [-0.25, -0.2) is 9.78 Å². The van der Waals surface area contributed by atoms with Crippen molar-refractivity contribution in [2.24, 2.45) is 19.2 Å². The number of rotatable bonds is 2. The first-order valence-electron chi connectivity index (χ1n) is 5.29. The molecule has 0 saturated carbocycles. The SMILES string of the molecule is CC(C)=NNc1cnc2c(c1)n(C)c(=O)n2C. The van der Waals surface area contributed by atoms with Gasteiger partial charge in [-0.2, -0.15) is 5.10 Å². The molecule has 0 aliphatic rings. The molecule has 0 fully saturated rings. The van der Waals surface area contributed by atoms with E-state index in [1.807, 2.05) is 19.9 Å². The first kappa shape index (κ1) is 11.4. The van der Waals surface area contributed by atoms with Crippen molar-refractivity contribution in [3.63, 3.8) is 0 Å². The highest BCUT2D eigenvalue weighted by molar-refractivity contribution is 5.80. The largest absolute Gasteiger partial charge is 0.329 e. The Morgan fingerprint density at radius 2 is 2.06 bits per heavy atom. The van der Waals surface area contributed by atoms with Crippen molar-refractivity contribution in [3.05, 3.63) is 22.7 Å². The van der Waals surface area contributed by atoms with Gasteiger partial charge in [0.15, 0.2) is 5.65 Å². The van der Waals surface area contributed by atoms with E-state index in [0.717, 1.165) is 16.9 Å². The van der Waals surface area contributed by atoms with E-state index in [9.17, 15) is 4.79 Å². The number of aryl methyl sites for hydroxylation is 2. The Hall–Kier alpha value is -2.11. The number of imidazole rings is 1. The Bertz CT molecular complexity index is 646. The molecule has 0 radical (unpaired) electrons. The van der Waals surface area contributed by atoms with Crippen LogP contribution in [-0.4, -0.2) is 19.8 Å². The molecule has 0 atom stereocenters. The standard InChI is InChI=1S/C11H15N5O/c1-7(2)13-14-8-5-9-10(12-6-8)16(4)11(17)15(9)3/h5-6,14H,1-4H3. The van der Waals surface area contributed by atoms with Crippen molar-refractivity contribution >= 4 is 22.6 Å². The number of nitrogens with one attached hydrogen (secondary N) is 1. The van der Waals surface area contributed by atoms with E-state index >= 15 is 0 Å². The summed E-state index contributed by atoms with van der Waals surface area (Å²) in [6, 6.07) is 1.86. The van der Waals surface area contributed by atoms with Gasteiger partial charge in [0.05, 0.1) is 17.4 Å². The maximum absolute atomic E-state index is 11.7. The summed E-state index contributed by atoms with van der Waals surface area (Å²) >= 11 is 0. The summed E-state index contributed by atoms with van der Waals surface area (Å²) in [5.74, 6) is 0. The highest BCUT2D eigenvalue weighted by Crippen LogP contribution is 2.14. The van der Waals surface area contributed by atoms with Crippen LogP contribution in [0.5, 0.6) is 0 Å². The van der Waals surface area contributed by atoms with Crippen molar-refractivity contribution in [1.29, 1.82) is 0 Å². The van der Waals surface area contributed by atoms with Gasteiger partial charge < -0.3 is 0 Å². The molecule has 2 aromatic rings. The maximum Gasteiger partial charge on any atom is 0.329 e. The molecule has 0 unspecified atom stereocenters. The number of aromatic nitrogens is 3. The Labute approximate surface area is 98.6 Å². The van der Waals surface area contributed by atoms with Gasteiger partial charge in [0.25, 0.3) is 0 Å². The summed E-state index contributed by atoms with van der Waals surface area (Å²) in [7, 11) is 3.43. The van der Waals surface area contributed by atoms with Gasteiger partial charge in [0.2, 0.25) is 0 Å². The summed E-state index contributed by atoms with van der Waals surface area (Å²) < 4.78 is 3.09. The van der Waals surface area contributed by atoms with Gasteiger partial charge in [0.1, 0.15) is 0 Å². The molecule has 0 aliphatic heterocycles. The molecule has 6 nitrogen and oxygen atoms in total. The van der Waals surface area contributed by atoms with Gasteiger partial charge in [-0.1, -0.05) is 0 Å². The minimum absolute atomic E-state index is 0.0835. The zero-order chi connectivity index (χ0) is 12.6. The van der Waals surface area contributed by atoms with E-state index in [1.54, 1.807) is 24.9 Å². The number of anilines is 1. The number of nitrogens with zero attached hydrogens (tertiary/aromatic N) is 4. The Kier molecular flexibility index (Phi) is 2.71. The maximum atomic E-state index is 11.7. The van der Waals surface area contributed by atoms with Crippen LogP contribution in [0.3, 0.4) is 0 Å². The number of fused-ring (bicyclic) bond motifs is 1. The fourth-order valence-electron chi connectivity index (χ4n) is 1.61. The van der Waals surface area contributed by atoms with Crippen molar-refractivity contribution in [1.82, 2.24) is 14.1 Å². The normalized spacial score (nSPS) is 10.6. The molecule has 1 N–H and O–H groups in total. The van der Waals surface area contributed by atoms with E-state index in [2.05, 4.69) is 15.5 Å². The molecule has 0 saturated heterocycles. The second-order valence-corrected chi connectivity index (χ2v) is 4.14. The topological polar surface area (TPSA) is 64.2 Å². The zero-order valence-electron chi connectivity index (χ0n) is 10.4. The molecule has 0 bridgehead atoms. The lowest BCUT2D eigenvalue weighted by molar-refractivity contribution is 0.791. The third kappa shape index (κ3) is 1.93. The summed E-state index contributed by atoms with van der Waals surface area (Å²) in [4.78, 5) is 16.0. The van der Waals surface area contributed by atoms with Crippen molar-refractivity contribution in [2.45, 2.75) is 13.8 Å². The smallest absolute Gasteiger partial charge is 0.293 e. The van der Waals surface area contributed by atoms with Crippen LogP contribution in [-0.2, 0) is 14.1 Å². The molecule has 0 aliphatic carbocycles. The molecule has 2 rings (SSSR count). The summed E-state index contributed by atoms with van der Waals surface area (Å²) in [5, 5.41) is 4.09. The first-order chi connectivity index (χ1) is 8.00. The third-order valence-corrected chi connectivity index (χ3v) is 2.51. The van der Waals surface area contributed by atoms with Crippen LogP contribution in [0.4, 0.5) is 5.69 Å². The van der Waals surface area contributed by atoms with Gasteiger partial charge in [-0.05, 0) is 19.9 Å². The van der Waals surface area contributed by atoms with Gasteiger partial charge in [0, 0.05) is 19.8 Å². The molecular weight excluding hydrogens is 218 g/mol. The van der Waals surface area contributed by atoms with E-state index in [-0.39, 0.29) is 5.69 Å². The molecule has 0 aromatic carbocycles. The lowest BCUT2D eigenvalue weighted by Gasteiger charge is -2.01. The second kappa shape index (κ2) is 4.04. The molecule has 0 amide bonds. The van der Waals surface area contributed by atoms with E-state index in [1.165, 1.54) is 4.57 Å². The molecule has 17 heavy (non-hydrogen) atoms. The number of hydrazone groups is 1. The molecule has 6 heteroatoms. The average Bonchev–Trinajstić information content (AvgIpc) is 2.52. The summed E-state index contributed by atoms with van der Waals surface area (Å²) in [5.41, 5.74) is 5.95. The lowest BCUT2D eigenvalue weighted by atomic mass is 10.4. The van der Waals surface area contributed by atoms with E-state index < -0.39 is 0 Å². The average molecular weight is 233 g/mol. The van der Waals surface area contributed by atoms with E-state index in [0.29, 0.717) is 5.65 Å². The van der Waals surface area contributed by atoms with Crippen LogP contribution in [0.25, 0.3) is 11.2 Å². The van der Waals surface area contributed by atoms with Crippen LogP contribution in [0, 0.1) is 0 Å². The molecule has 90 valence electrons. The predicted octanol–water partition coefficient (Wildman–Crippen LogP) is 1.08. The Morgan fingerprint density at radius 3 is 2.71 bits per heavy atom. The van der Waals surface area contributed by atoms with Crippen LogP contribution in [0.2, 0.25) is 0 Å². The van der Waals surface area contributed by atoms with Gasteiger partial charge in [-0.15, -0.1) is 0 Å². The number of hydrogen-bond donors (Lipinski definition) is 1. The molecular formula is C11H15N5O. The van der Waals surface area contributed by atoms with Crippen LogP contribution in [0.15, 0.2) is 22.2 Å². The third-order valence-electron chi connectivity index (χ3n) is 2.51. The Morgan fingerprint density at radius 1 is 1.35 bits per heavy atom. The highest BCUT2D eigenvalue weighted by atomic mass is 16.1. The molecule has 2 aromatic heterocycles. The van der Waals surface area contributed by atoms with Crippen molar-refractivity contribution in [2.75, 3.05) is 5.43 Å². The molecule has 2 heterocycles. The predicted molar refractivity (Wildman–Crippen MR) is 68.4 cm³/mol. The molecule has 0 spiro atoms.